The second-order valence-electron chi connectivity index (χ2n) is 6.64. The van der Waals surface area contributed by atoms with Gasteiger partial charge in [-0.2, -0.15) is 0 Å². The van der Waals surface area contributed by atoms with E-state index >= 15 is 0 Å². The molecule has 2 rings (SSSR count). The zero-order valence-electron chi connectivity index (χ0n) is 13.8. The molecule has 1 aromatic rings. The molecular formula is C15H26N4O3. The van der Waals surface area contributed by atoms with Gasteiger partial charge >= 0.3 is 6.09 Å². The number of morpholine rings is 1. The second kappa shape index (κ2) is 6.66. The standard InChI is InChI=1S/C15H26N4O3/c1-15(2,3)22-14(20)19-7-8-21-10-12(19)11(16)9-13-17-5-6-18(13)4/h5-6,11-12H,7-10,16H2,1-4H3. The van der Waals surface area contributed by atoms with E-state index in [2.05, 4.69) is 4.98 Å². The molecule has 0 aliphatic carbocycles. The number of imidazole rings is 1. The minimum absolute atomic E-state index is 0.208. The first-order chi connectivity index (χ1) is 10.3. The van der Waals surface area contributed by atoms with Gasteiger partial charge in [0.15, 0.2) is 0 Å². The lowest BCUT2D eigenvalue weighted by Gasteiger charge is -2.39. The molecule has 0 aromatic carbocycles. The molecule has 1 amide bonds. The minimum Gasteiger partial charge on any atom is -0.444 e. The maximum Gasteiger partial charge on any atom is 0.410 e. The SMILES string of the molecule is Cn1ccnc1CC(N)C1COCCN1C(=O)OC(C)(C)C. The van der Waals surface area contributed by atoms with Gasteiger partial charge in [0.2, 0.25) is 0 Å². The van der Waals surface area contributed by atoms with Crippen molar-refractivity contribution >= 4 is 6.09 Å². The van der Waals surface area contributed by atoms with Crippen LogP contribution in [0.5, 0.6) is 0 Å². The molecule has 1 saturated heterocycles. The fraction of sp³-hybridized carbons (Fsp3) is 0.733. The first kappa shape index (κ1) is 16.8. The molecule has 0 spiro atoms. The first-order valence-corrected chi connectivity index (χ1v) is 7.57. The van der Waals surface area contributed by atoms with Crippen LogP contribution in [0.3, 0.4) is 0 Å². The topological polar surface area (TPSA) is 82.6 Å². The highest BCUT2D eigenvalue weighted by Gasteiger charge is 2.35. The molecule has 1 aliphatic rings. The van der Waals surface area contributed by atoms with E-state index in [-0.39, 0.29) is 18.2 Å². The number of rotatable bonds is 3. The van der Waals surface area contributed by atoms with Crippen LogP contribution in [0.15, 0.2) is 12.4 Å². The maximum atomic E-state index is 12.4. The van der Waals surface area contributed by atoms with Gasteiger partial charge in [-0.1, -0.05) is 0 Å². The summed E-state index contributed by atoms with van der Waals surface area (Å²) in [7, 11) is 1.93. The third-order valence-corrected chi connectivity index (χ3v) is 3.63. The molecule has 2 heterocycles. The fourth-order valence-electron chi connectivity index (χ4n) is 2.46. The third kappa shape index (κ3) is 4.20. The summed E-state index contributed by atoms with van der Waals surface area (Å²) in [6.07, 6.45) is 3.86. The van der Waals surface area contributed by atoms with Crippen LogP contribution in [0.2, 0.25) is 0 Å². The highest BCUT2D eigenvalue weighted by Crippen LogP contribution is 2.17. The van der Waals surface area contributed by atoms with Gasteiger partial charge in [-0.05, 0) is 20.8 Å². The Bertz CT molecular complexity index is 509. The fourth-order valence-corrected chi connectivity index (χ4v) is 2.46. The van der Waals surface area contributed by atoms with Gasteiger partial charge in [0.25, 0.3) is 0 Å². The highest BCUT2D eigenvalue weighted by molar-refractivity contribution is 5.68. The number of carbonyl (C=O) groups is 1. The summed E-state index contributed by atoms with van der Waals surface area (Å²) in [6.45, 7) is 6.99. The molecule has 0 radical (unpaired) electrons. The molecule has 22 heavy (non-hydrogen) atoms. The van der Waals surface area contributed by atoms with Crippen molar-refractivity contribution in [3.8, 4) is 0 Å². The van der Waals surface area contributed by atoms with Gasteiger partial charge in [0, 0.05) is 38.4 Å². The lowest BCUT2D eigenvalue weighted by Crippen LogP contribution is -2.58. The number of hydrogen-bond donors (Lipinski definition) is 1. The van der Waals surface area contributed by atoms with E-state index in [1.165, 1.54) is 0 Å². The molecule has 2 atom stereocenters. The molecule has 0 saturated carbocycles. The van der Waals surface area contributed by atoms with Crippen LogP contribution in [-0.4, -0.2) is 58.0 Å². The van der Waals surface area contributed by atoms with Gasteiger partial charge in [-0.25, -0.2) is 9.78 Å². The Kier molecular flexibility index (Phi) is 5.08. The van der Waals surface area contributed by atoms with Crippen molar-refractivity contribution in [2.45, 2.75) is 44.9 Å². The van der Waals surface area contributed by atoms with E-state index in [1.54, 1.807) is 11.1 Å². The summed E-state index contributed by atoms with van der Waals surface area (Å²) in [6, 6.07) is -0.464. The van der Waals surface area contributed by atoms with Crippen molar-refractivity contribution in [2.24, 2.45) is 12.8 Å². The molecule has 2 N–H and O–H groups in total. The lowest BCUT2D eigenvalue weighted by atomic mass is 10.0. The average Bonchev–Trinajstić information content (AvgIpc) is 2.82. The van der Waals surface area contributed by atoms with E-state index in [0.29, 0.717) is 26.2 Å². The molecule has 1 fully saturated rings. The Morgan fingerprint density at radius 2 is 2.32 bits per heavy atom. The van der Waals surface area contributed by atoms with Gasteiger partial charge in [0.05, 0.1) is 19.3 Å². The number of hydrogen-bond acceptors (Lipinski definition) is 5. The normalized spacial score (nSPS) is 20.8. The molecular weight excluding hydrogens is 284 g/mol. The largest absolute Gasteiger partial charge is 0.444 e. The number of ether oxygens (including phenoxy) is 2. The third-order valence-electron chi connectivity index (χ3n) is 3.63. The number of carbonyl (C=O) groups excluding carboxylic acids is 1. The number of aryl methyl sites for hydroxylation is 1. The minimum atomic E-state index is -0.524. The van der Waals surface area contributed by atoms with E-state index < -0.39 is 5.60 Å². The molecule has 7 nitrogen and oxygen atoms in total. The van der Waals surface area contributed by atoms with E-state index in [4.69, 9.17) is 15.2 Å². The van der Waals surface area contributed by atoms with Crippen LogP contribution in [0.25, 0.3) is 0 Å². The van der Waals surface area contributed by atoms with Gasteiger partial charge in [-0.15, -0.1) is 0 Å². The predicted octanol–water partition coefficient (Wildman–Crippen LogP) is 0.926. The van der Waals surface area contributed by atoms with E-state index in [0.717, 1.165) is 5.82 Å². The van der Waals surface area contributed by atoms with Crippen molar-refractivity contribution in [3.05, 3.63) is 18.2 Å². The van der Waals surface area contributed by atoms with Crippen LogP contribution in [-0.2, 0) is 22.9 Å². The number of nitrogens with zero attached hydrogens (tertiary/aromatic N) is 3. The van der Waals surface area contributed by atoms with Crippen LogP contribution in [0.4, 0.5) is 4.79 Å². The molecule has 1 aliphatic heterocycles. The molecule has 1 aromatic heterocycles. The Morgan fingerprint density at radius 1 is 1.59 bits per heavy atom. The van der Waals surface area contributed by atoms with Crippen LogP contribution >= 0.6 is 0 Å². The molecule has 0 bridgehead atoms. The van der Waals surface area contributed by atoms with Crippen LogP contribution in [0.1, 0.15) is 26.6 Å². The van der Waals surface area contributed by atoms with Crippen molar-refractivity contribution in [2.75, 3.05) is 19.8 Å². The number of amides is 1. The quantitative estimate of drug-likeness (QED) is 0.898. The maximum absolute atomic E-state index is 12.4. The van der Waals surface area contributed by atoms with Crippen molar-refractivity contribution in [1.29, 1.82) is 0 Å². The highest BCUT2D eigenvalue weighted by atomic mass is 16.6. The van der Waals surface area contributed by atoms with Crippen molar-refractivity contribution in [1.82, 2.24) is 14.5 Å². The summed E-state index contributed by atoms with van der Waals surface area (Å²) in [5, 5.41) is 0. The zero-order valence-corrected chi connectivity index (χ0v) is 13.8. The zero-order chi connectivity index (χ0) is 16.3. The van der Waals surface area contributed by atoms with Gasteiger partial charge in [-0.3, -0.25) is 4.90 Å². The molecule has 2 unspecified atom stereocenters. The first-order valence-electron chi connectivity index (χ1n) is 7.57. The summed E-state index contributed by atoms with van der Waals surface area (Å²) in [5.74, 6) is 0.891. The van der Waals surface area contributed by atoms with Gasteiger partial charge < -0.3 is 19.8 Å². The summed E-state index contributed by atoms with van der Waals surface area (Å²) in [5.41, 5.74) is 5.79. The smallest absolute Gasteiger partial charge is 0.410 e. The summed E-state index contributed by atoms with van der Waals surface area (Å²) < 4.78 is 12.9. The average molecular weight is 310 g/mol. The molecule has 7 heteroatoms. The van der Waals surface area contributed by atoms with Crippen LogP contribution < -0.4 is 5.73 Å². The summed E-state index contributed by atoms with van der Waals surface area (Å²) in [4.78, 5) is 18.3. The Labute approximate surface area is 131 Å². The van der Waals surface area contributed by atoms with Gasteiger partial charge in [0.1, 0.15) is 11.4 Å². The predicted molar refractivity (Wildman–Crippen MR) is 82.4 cm³/mol. The lowest BCUT2D eigenvalue weighted by molar-refractivity contribution is -0.0380. The monoisotopic (exact) mass is 310 g/mol. The molecule has 124 valence electrons. The Hall–Kier alpha value is -1.60. The van der Waals surface area contributed by atoms with Crippen LogP contribution in [0, 0.1) is 0 Å². The summed E-state index contributed by atoms with van der Waals surface area (Å²) >= 11 is 0. The van der Waals surface area contributed by atoms with E-state index in [9.17, 15) is 4.79 Å². The second-order valence-corrected chi connectivity index (χ2v) is 6.64. The van der Waals surface area contributed by atoms with Crippen molar-refractivity contribution < 1.29 is 14.3 Å². The van der Waals surface area contributed by atoms with Crippen molar-refractivity contribution in [3.63, 3.8) is 0 Å². The number of aromatic nitrogens is 2. The Balaban J connectivity index is 2.05. The Morgan fingerprint density at radius 3 is 2.91 bits per heavy atom. The van der Waals surface area contributed by atoms with E-state index in [1.807, 2.05) is 38.6 Å². The number of nitrogens with two attached hydrogens (primary N) is 1.